The number of carbonyl (C=O) groups excluding carboxylic acids is 2. The van der Waals surface area contributed by atoms with Crippen LogP contribution >= 0.6 is 0 Å². The van der Waals surface area contributed by atoms with E-state index in [4.69, 9.17) is 9.84 Å². The summed E-state index contributed by atoms with van der Waals surface area (Å²) in [6.07, 6.45) is 8.74. The van der Waals surface area contributed by atoms with E-state index in [-0.39, 0.29) is 11.7 Å². The van der Waals surface area contributed by atoms with Gasteiger partial charge in [0.15, 0.2) is 11.3 Å². The van der Waals surface area contributed by atoms with E-state index < -0.39 is 0 Å². The van der Waals surface area contributed by atoms with Crippen LogP contribution in [0.25, 0.3) is 16.7 Å². The number of nitrogens with zero attached hydrogens (tertiary/aromatic N) is 6. The summed E-state index contributed by atoms with van der Waals surface area (Å²) in [5, 5.41) is 5.51. The minimum Gasteiger partial charge on any atom is -0.379 e. The molecule has 2 aliphatic heterocycles. The zero-order valence-electron chi connectivity index (χ0n) is 22.6. The zero-order valence-corrected chi connectivity index (χ0v) is 22.6. The Morgan fingerprint density at radius 3 is 2.42 bits per heavy atom. The smallest absolute Gasteiger partial charge is 0.275 e. The second-order valence-corrected chi connectivity index (χ2v) is 10.5. The Bertz CT molecular complexity index is 1460. The number of ether oxygens (including phenoxy) is 1. The summed E-state index contributed by atoms with van der Waals surface area (Å²) in [7, 11) is 0. The van der Waals surface area contributed by atoms with Gasteiger partial charge in [0.2, 0.25) is 0 Å². The van der Waals surface area contributed by atoms with E-state index in [1.807, 2.05) is 53.4 Å². The van der Waals surface area contributed by atoms with Gasteiger partial charge in [-0.3, -0.25) is 19.5 Å². The highest BCUT2D eigenvalue weighted by molar-refractivity contribution is 6.04. The van der Waals surface area contributed by atoms with Crippen LogP contribution in [0.4, 0.5) is 0 Å². The first-order valence-electron chi connectivity index (χ1n) is 14.1. The highest BCUT2D eigenvalue weighted by Crippen LogP contribution is 2.25. The van der Waals surface area contributed by atoms with E-state index in [0.717, 1.165) is 74.4 Å². The highest BCUT2D eigenvalue weighted by atomic mass is 16.5. The van der Waals surface area contributed by atoms with Crippen molar-refractivity contribution in [2.24, 2.45) is 0 Å². The molecule has 0 aliphatic carbocycles. The first kappa shape index (κ1) is 26.3. The molecule has 0 bridgehead atoms. The number of pyridine rings is 2. The number of fused-ring (bicyclic) bond motifs is 1. The molecule has 0 radical (unpaired) electrons. The van der Waals surface area contributed by atoms with E-state index >= 15 is 0 Å². The first-order valence-corrected chi connectivity index (χ1v) is 14.1. The number of hydrogen-bond donors (Lipinski definition) is 0. The molecule has 0 unspecified atom stereocenters. The summed E-state index contributed by atoms with van der Waals surface area (Å²) >= 11 is 0. The van der Waals surface area contributed by atoms with E-state index in [1.54, 1.807) is 23.3 Å². The first-order chi connectivity index (χ1) is 19.7. The number of benzene rings is 1. The Balaban J connectivity index is 1.13. The van der Waals surface area contributed by atoms with Gasteiger partial charge in [-0.15, -0.1) is 0 Å². The van der Waals surface area contributed by atoms with Crippen LogP contribution in [0.2, 0.25) is 0 Å². The SMILES string of the molecule is O=C(CCc1cccnc1)Cc1ccc(-n2nc(C(=O)N3CCC(N4CCOCC4)CC3)c3cccnc32)cc1. The van der Waals surface area contributed by atoms with E-state index in [2.05, 4.69) is 14.9 Å². The van der Waals surface area contributed by atoms with Crippen molar-refractivity contribution in [3.8, 4) is 5.69 Å². The minimum atomic E-state index is -0.0481. The molecule has 9 heteroatoms. The molecule has 40 heavy (non-hydrogen) atoms. The maximum Gasteiger partial charge on any atom is 0.275 e. The van der Waals surface area contributed by atoms with Crippen molar-refractivity contribution in [1.29, 1.82) is 0 Å². The minimum absolute atomic E-state index is 0.0481. The average molecular weight is 539 g/mol. The van der Waals surface area contributed by atoms with E-state index in [0.29, 0.717) is 36.6 Å². The van der Waals surface area contributed by atoms with Gasteiger partial charge >= 0.3 is 0 Å². The summed E-state index contributed by atoms with van der Waals surface area (Å²) in [6.45, 7) is 4.96. The van der Waals surface area contributed by atoms with Crippen molar-refractivity contribution in [3.63, 3.8) is 0 Å². The molecule has 0 spiro atoms. The quantitative estimate of drug-likeness (QED) is 0.339. The van der Waals surface area contributed by atoms with Crippen LogP contribution in [0.1, 0.15) is 40.9 Å². The van der Waals surface area contributed by atoms with Gasteiger partial charge < -0.3 is 9.64 Å². The topological polar surface area (TPSA) is 93.4 Å². The van der Waals surface area contributed by atoms with Crippen molar-refractivity contribution in [2.45, 2.75) is 38.1 Å². The Morgan fingerprint density at radius 2 is 1.68 bits per heavy atom. The highest BCUT2D eigenvalue weighted by Gasteiger charge is 2.30. The molecule has 2 fully saturated rings. The van der Waals surface area contributed by atoms with Gasteiger partial charge in [-0.25, -0.2) is 9.67 Å². The molecule has 4 aromatic rings. The van der Waals surface area contributed by atoms with Crippen LogP contribution in [-0.4, -0.2) is 86.7 Å². The predicted molar refractivity (Wildman–Crippen MR) is 151 cm³/mol. The number of amides is 1. The number of ketones is 1. The van der Waals surface area contributed by atoms with Crippen LogP contribution in [0.15, 0.2) is 67.1 Å². The fourth-order valence-electron chi connectivity index (χ4n) is 5.72. The molecular weight excluding hydrogens is 504 g/mol. The molecule has 2 aliphatic rings. The summed E-state index contributed by atoms with van der Waals surface area (Å²) in [5.41, 5.74) is 3.90. The van der Waals surface area contributed by atoms with Crippen molar-refractivity contribution in [3.05, 3.63) is 83.9 Å². The van der Waals surface area contributed by atoms with Gasteiger partial charge in [0.1, 0.15) is 5.78 Å². The number of aryl methyl sites for hydroxylation is 1. The van der Waals surface area contributed by atoms with Crippen LogP contribution in [0.5, 0.6) is 0 Å². The number of aromatic nitrogens is 4. The maximum absolute atomic E-state index is 13.6. The number of piperidine rings is 1. The largest absolute Gasteiger partial charge is 0.379 e. The number of rotatable bonds is 8. The van der Waals surface area contributed by atoms with E-state index in [1.165, 1.54) is 0 Å². The number of morpholine rings is 1. The van der Waals surface area contributed by atoms with Gasteiger partial charge in [-0.1, -0.05) is 18.2 Å². The third-order valence-electron chi connectivity index (χ3n) is 7.96. The van der Waals surface area contributed by atoms with Gasteiger partial charge in [-0.2, -0.15) is 5.10 Å². The van der Waals surface area contributed by atoms with Crippen molar-refractivity contribution in [2.75, 3.05) is 39.4 Å². The summed E-state index contributed by atoms with van der Waals surface area (Å²) < 4.78 is 7.23. The summed E-state index contributed by atoms with van der Waals surface area (Å²) in [5.74, 6) is 0.140. The lowest BCUT2D eigenvalue weighted by Gasteiger charge is -2.39. The van der Waals surface area contributed by atoms with Gasteiger partial charge in [0, 0.05) is 63.7 Å². The normalized spacial score (nSPS) is 16.9. The Kier molecular flexibility index (Phi) is 7.92. The number of likely N-dealkylation sites (tertiary alicyclic amines) is 1. The van der Waals surface area contributed by atoms with E-state index in [9.17, 15) is 9.59 Å². The summed E-state index contributed by atoms with van der Waals surface area (Å²) in [4.78, 5) is 39.3. The molecule has 9 nitrogen and oxygen atoms in total. The molecule has 3 aromatic heterocycles. The molecule has 206 valence electrons. The zero-order chi connectivity index (χ0) is 27.3. The molecular formula is C31H34N6O3. The monoisotopic (exact) mass is 538 g/mol. The second-order valence-electron chi connectivity index (χ2n) is 10.5. The molecule has 1 amide bonds. The molecule has 0 saturated carbocycles. The van der Waals surface area contributed by atoms with Crippen molar-refractivity contribution < 1.29 is 14.3 Å². The second kappa shape index (κ2) is 12.1. The van der Waals surface area contributed by atoms with Crippen LogP contribution in [-0.2, 0) is 22.4 Å². The number of Topliss-reactive ketones (excluding diaryl/α,β-unsaturated/α-hetero) is 1. The Morgan fingerprint density at radius 1 is 0.900 bits per heavy atom. The summed E-state index contributed by atoms with van der Waals surface area (Å²) in [6, 6.07) is 15.9. The lowest BCUT2D eigenvalue weighted by atomic mass is 10.0. The molecule has 1 aromatic carbocycles. The predicted octanol–water partition coefficient (Wildman–Crippen LogP) is 3.50. The van der Waals surface area contributed by atoms with Crippen molar-refractivity contribution >= 4 is 22.7 Å². The molecule has 0 atom stereocenters. The fraction of sp³-hybridized carbons (Fsp3) is 0.387. The number of carbonyl (C=O) groups is 2. The van der Waals surface area contributed by atoms with Crippen LogP contribution < -0.4 is 0 Å². The lowest BCUT2D eigenvalue weighted by molar-refractivity contribution is -0.118. The van der Waals surface area contributed by atoms with Crippen LogP contribution in [0, 0.1) is 0 Å². The maximum atomic E-state index is 13.6. The number of hydrogen-bond acceptors (Lipinski definition) is 7. The third kappa shape index (κ3) is 5.80. The average Bonchev–Trinajstić information content (AvgIpc) is 3.41. The van der Waals surface area contributed by atoms with Crippen LogP contribution in [0.3, 0.4) is 0 Å². The molecule has 6 rings (SSSR count). The Hall–Kier alpha value is -3.95. The van der Waals surface area contributed by atoms with Gasteiger partial charge in [-0.05, 0) is 60.7 Å². The van der Waals surface area contributed by atoms with Gasteiger partial charge in [0.25, 0.3) is 5.91 Å². The van der Waals surface area contributed by atoms with Crippen molar-refractivity contribution in [1.82, 2.24) is 29.5 Å². The molecule has 5 heterocycles. The third-order valence-corrected chi connectivity index (χ3v) is 7.96. The Labute approximate surface area is 233 Å². The molecule has 2 saturated heterocycles. The standard InChI is InChI=1S/C31H34N6O3/c38-27(10-7-24-3-1-13-32-22-24)21-23-5-8-26(9-6-23)37-30-28(4-2-14-33-30)29(34-37)31(39)36-15-11-25(12-16-36)35-17-19-40-20-18-35/h1-6,8-9,13-14,22,25H,7,10-12,15-21H2. The lowest BCUT2D eigenvalue weighted by Crippen LogP contribution is -2.50. The molecule has 0 N–H and O–H groups in total. The van der Waals surface area contributed by atoms with Gasteiger partial charge in [0.05, 0.1) is 24.3 Å². The fourth-order valence-corrected chi connectivity index (χ4v) is 5.72.